The Morgan fingerprint density at radius 2 is 1.85 bits per heavy atom. The number of amides is 1. The second kappa shape index (κ2) is 8.83. The van der Waals surface area contributed by atoms with Crippen molar-refractivity contribution in [1.29, 1.82) is 0 Å². The Morgan fingerprint density at radius 1 is 1.15 bits per heavy atom. The number of carbonyl (C=O) groups excluding carboxylic acids is 4. The number of hydrogen-bond acceptors (Lipinski definition) is 6. The van der Waals surface area contributed by atoms with Gasteiger partial charge in [0.15, 0.2) is 12.4 Å². The summed E-state index contributed by atoms with van der Waals surface area (Å²) < 4.78 is 10.2. The van der Waals surface area contributed by atoms with Crippen LogP contribution in [0.25, 0.3) is 0 Å². The number of ketones is 1. The molecule has 2 rings (SSSR count). The predicted octanol–water partition coefficient (Wildman–Crippen LogP) is 1.94. The van der Waals surface area contributed by atoms with Crippen molar-refractivity contribution in [3.8, 4) is 0 Å². The van der Waals surface area contributed by atoms with Crippen LogP contribution < -0.4 is 0 Å². The highest BCUT2D eigenvalue weighted by atomic mass is 16.5. The van der Waals surface area contributed by atoms with Crippen molar-refractivity contribution in [2.24, 2.45) is 0 Å². The first-order valence-electron chi connectivity index (χ1n) is 9.11. The summed E-state index contributed by atoms with van der Waals surface area (Å²) in [4.78, 5) is 52.8. The molecule has 27 heavy (non-hydrogen) atoms. The first kappa shape index (κ1) is 20.7. The van der Waals surface area contributed by atoms with Gasteiger partial charge in [-0.2, -0.15) is 0 Å². The maximum atomic E-state index is 12.5. The van der Waals surface area contributed by atoms with E-state index < -0.39 is 30.5 Å². The molecule has 8 nitrogen and oxygen atoms in total. The Morgan fingerprint density at radius 3 is 2.44 bits per heavy atom. The molecule has 0 bridgehead atoms. The van der Waals surface area contributed by atoms with Gasteiger partial charge in [-0.15, -0.1) is 0 Å². The van der Waals surface area contributed by atoms with E-state index in [1.54, 1.807) is 20.8 Å². The van der Waals surface area contributed by atoms with Gasteiger partial charge in [-0.3, -0.25) is 9.59 Å². The van der Waals surface area contributed by atoms with Crippen LogP contribution in [0, 0.1) is 13.8 Å². The first-order chi connectivity index (χ1) is 12.8. The number of rotatable bonds is 6. The fourth-order valence-electron chi connectivity index (χ4n) is 3.48. The minimum absolute atomic E-state index is 0.151. The van der Waals surface area contributed by atoms with Crippen LogP contribution in [0.5, 0.6) is 0 Å². The van der Waals surface area contributed by atoms with Crippen LogP contribution in [0.3, 0.4) is 0 Å². The van der Waals surface area contributed by atoms with Crippen molar-refractivity contribution < 1.29 is 28.7 Å². The van der Waals surface area contributed by atoms with Gasteiger partial charge < -0.3 is 19.4 Å². The third-order valence-electron chi connectivity index (χ3n) is 4.70. The fourth-order valence-corrected chi connectivity index (χ4v) is 3.48. The van der Waals surface area contributed by atoms with Gasteiger partial charge in [-0.25, -0.2) is 9.59 Å². The number of likely N-dealkylation sites (tertiary alicyclic amines) is 1. The van der Waals surface area contributed by atoms with E-state index in [4.69, 9.17) is 9.47 Å². The molecule has 1 aliphatic heterocycles. The van der Waals surface area contributed by atoms with Crippen molar-refractivity contribution in [2.45, 2.75) is 53.0 Å². The van der Waals surface area contributed by atoms with Gasteiger partial charge in [0.25, 0.3) is 5.91 Å². The summed E-state index contributed by atoms with van der Waals surface area (Å²) in [6.07, 6.45) is 2.16. The van der Waals surface area contributed by atoms with Gasteiger partial charge in [-0.1, -0.05) is 0 Å². The Labute approximate surface area is 158 Å². The number of esters is 2. The predicted molar refractivity (Wildman–Crippen MR) is 96.5 cm³/mol. The van der Waals surface area contributed by atoms with Gasteiger partial charge in [0.1, 0.15) is 11.7 Å². The molecule has 2 heterocycles. The smallest absolute Gasteiger partial charge is 0.355 e. The average Bonchev–Trinajstić information content (AvgIpc) is 2.94. The lowest BCUT2D eigenvalue weighted by molar-refractivity contribution is -0.157. The molecule has 148 valence electrons. The molecule has 0 aliphatic carbocycles. The number of H-pyrrole nitrogens is 1. The summed E-state index contributed by atoms with van der Waals surface area (Å²) in [5.41, 5.74) is 1.69. The molecule has 1 saturated heterocycles. The van der Waals surface area contributed by atoms with Crippen molar-refractivity contribution >= 4 is 23.6 Å². The number of aromatic amines is 1. The second-order valence-corrected chi connectivity index (χ2v) is 6.61. The summed E-state index contributed by atoms with van der Waals surface area (Å²) in [7, 11) is 0. The molecule has 1 aliphatic rings. The van der Waals surface area contributed by atoms with Crippen molar-refractivity contribution in [3.63, 3.8) is 0 Å². The lowest BCUT2D eigenvalue weighted by Gasteiger charge is -2.33. The monoisotopic (exact) mass is 378 g/mol. The van der Waals surface area contributed by atoms with Crippen LogP contribution in [0.1, 0.15) is 65.2 Å². The maximum Gasteiger partial charge on any atom is 0.355 e. The number of carbonyl (C=O) groups is 4. The molecule has 1 aromatic heterocycles. The lowest BCUT2D eigenvalue weighted by Crippen LogP contribution is -2.50. The van der Waals surface area contributed by atoms with Gasteiger partial charge in [-0.05, 0) is 52.5 Å². The summed E-state index contributed by atoms with van der Waals surface area (Å²) in [6.45, 7) is 6.69. The number of nitrogens with one attached hydrogen (secondary N) is 1. The second-order valence-electron chi connectivity index (χ2n) is 6.61. The van der Waals surface area contributed by atoms with Crippen molar-refractivity contribution in [3.05, 3.63) is 22.5 Å². The topological polar surface area (TPSA) is 106 Å². The van der Waals surface area contributed by atoms with Crippen LogP contribution in [0.2, 0.25) is 0 Å². The summed E-state index contributed by atoms with van der Waals surface area (Å²) >= 11 is 0. The number of aromatic nitrogens is 1. The van der Waals surface area contributed by atoms with Crippen LogP contribution in [-0.2, 0) is 19.1 Å². The van der Waals surface area contributed by atoms with E-state index in [1.165, 1.54) is 11.8 Å². The van der Waals surface area contributed by atoms with Gasteiger partial charge in [0, 0.05) is 17.8 Å². The zero-order valence-electron chi connectivity index (χ0n) is 16.2. The van der Waals surface area contributed by atoms with E-state index in [-0.39, 0.29) is 18.1 Å². The van der Waals surface area contributed by atoms with E-state index in [2.05, 4.69) is 4.98 Å². The first-order valence-corrected chi connectivity index (χ1v) is 9.11. The lowest BCUT2D eigenvalue weighted by atomic mass is 10.0. The minimum Gasteiger partial charge on any atom is -0.464 e. The van der Waals surface area contributed by atoms with Crippen molar-refractivity contribution in [1.82, 2.24) is 9.88 Å². The van der Waals surface area contributed by atoms with E-state index in [1.807, 2.05) is 0 Å². The number of nitrogens with zero attached hydrogens (tertiary/aromatic N) is 1. The zero-order chi connectivity index (χ0) is 20.1. The normalized spacial score (nSPS) is 16.7. The highest BCUT2D eigenvalue weighted by molar-refractivity contribution is 6.01. The number of aryl methyl sites for hydroxylation is 1. The third-order valence-corrected chi connectivity index (χ3v) is 4.70. The zero-order valence-corrected chi connectivity index (χ0v) is 16.2. The molecule has 1 N–H and O–H groups in total. The summed E-state index contributed by atoms with van der Waals surface area (Å²) in [5.74, 6) is -1.73. The minimum atomic E-state index is -0.707. The fraction of sp³-hybridized carbons (Fsp3) is 0.579. The molecule has 0 aromatic carbocycles. The molecule has 1 aromatic rings. The quantitative estimate of drug-likeness (QED) is 0.599. The van der Waals surface area contributed by atoms with Crippen LogP contribution in [-0.4, -0.2) is 59.3 Å². The van der Waals surface area contributed by atoms with Crippen LogP contribution >= 0.6 is 0 Å². The van der Waals surface area contributed by atoms with E-state index in [9.17, 15) is 19.2 Å². The number of ether oxygens (including phenoxy) is 2. The Bertz CT molecular complexity index is 752. The summed E-state index contributed by atoms with van der Waals surface area (Å²) in [5, 5.41) is 0. The summed E-state index contributed by atoms with van der Waals surface area (Å²) in [6, 6.07) is -0.635. The highest BCUT2D eigenvalue weighted by Crippen LogP contribution is 2.21. The van der Waals surface area contributed by atoms with Crippen molar-refractivity contribution in [2.75, 3.05) is 19.8 Å². The van der Waals surface area contributed by atoms with E-state index in [0.29, 0.717) is 29.8 Å². The standard InChI is InChI=1S/C19H26N2O6/c1-5-26-18(24)14-8-6-7-9-21(14)15(23)10-27-19(25)17-11(2)16(13(4)22)12(3)20-17/h14,20H,5-10H2,1-4H3/t14-/m1/s1. The number of piperidine rings is 1. The molecular weight excluding hydrogens is 352 g/mol. The Kier molecular flexibility index (Phi) is 6.76. The van der Waals surface area contributed by atoms with Gasteiger partial charge in [0.2, 0.25) is 0 Å². The molecule has 8 heteroatoms. The SMILES string of the molecule is CCOC(=O)[C@H]1CCCCN1C(=O)COC(=O)c1[nH]c(C)c(C(C)=O)c1C. The van der Waals surface area contributed by atoms with Gasteiger partial charge in [0.05, 0.1) is 6.61 Å². The Balaban J connectivity index is 2.04. The highest BCUT2D eigenvalue weighted by Gasteiger charge is 2.33. The largest absolute Gasteiger partial charge is 0.464 e. The molecule has 0 unspecified atom stereocenters. The molecule has 1 amide bonds. The van der Waals surface area contributed by atoms with Crippen LogP contribution in [0.4, 0.5) is 0 Å². The van der Waals surface area contributed by atoms with Crippen LogP contribution in [0.15, 0.2) is 0 Å². The number of hydrogen-bond donors (Lipinski definition) is 1. The number of Topliss-reactive ketones (excluding diaryl/α,β-unsaturated/α-hetero) is 1. The molecule has 0 saturated carbocycles. The van der Waals surface area contributed by atoms with Gasteiger partial charge >= 0.3 is 11.9 Å². The maximum absolute atomic E-state index is 12.5. The van der Waals surface area contributed by atoms with E-state index >= 15 is 0 Å². The Hall–Kier alpha value is -2.64. The molecule has 0 radical (unpaired) electrons. The molecule has 1 atom stereocenters. The van der Waals surface area contributed by atoms with E-state index in [0.717, 1.165) is 12.8 Å². The molecule has 0 spiro atoms. The third kappa shape index (κ3) is 4.56. The molecular formula is C19H26N2O6. The molecule has 1 fully saturated rings. The average molecular weight is 378 g/mol.